The Morgan fingerprint density at radius 1 is 1.53 bits per heavy atom. The van der Waals surface area contributed by atoms with Crippen LogP contribution in [0.5, 0.6) is 0 Å². The summed E-state index contributed by atoms with van der Waals surface area (Å²) >= 11 is 3.53. The summed E-state index contributed by atoms with van der Waals surface area (Å²) in [7, 11) is 0. The van der Waals surface area contributed by atoms with Crippen LogP contribution in [0.1, 0.15) is 24.9 Å². The average molecular weight is 320 g/mol. The predicted octanol–water partition coefficient (Wildman–Crippen LogP) is 3.21. The van der Waals surface area contributed by atoms with E-state index in [0.717, 1.165) is 17.6 Å². The highest BCUT2D eigenvalue weighted by Crippen LogP contribution is 2.28. The minimum absolute atomic E-state index is 0. The van der Waals surface area contributed by atoms with Gasteiger partial charge in [0, 0.05) is 17.1 Å². The topological polar surface area (TPSA) is 29.3 Å². The molecule has 2 nitrogen and oxygen atoms in total. The maximum atomic E-state index is 5.72. The fourth-order valence-corrected chi connectivity index (χ4v) is 2.80. The number of nitrogens with two attached hydrogens (primary N) is 1. The molecule has 17 heavy (non-hydrogen) atoms. The van der Waals surface area contributed by atoms with Crippen LogP contribution in [0.3, 0.4) is 0 Å². The van der Waals surface area contributed by atoms with Crippen molar-refractivity contribution in [3.63, 3.8) is 0 Å². The second-order valence-corrected chi connectivity index (χ2v) is 5.53. The third-order valence-electron chi connectivity index (χ3n) is 3.53. The van der Waals surface area contributed by atoms with Crippen LogP contribution in [0.25, 0.3) is 0 Å². The molecule has 1 aromatic carbocycles. The van der Waals surface area contributed by atoms with Gasteiger partial charge in [-0.3, -0.25) is 4.90 Å². The second kappa shape index (κ2) is 6.74. The molecule has 0 saturated carbocycles. The van der Waals surface area contributed by atoms with Gasteiger partial charge in [0.15, 0.2) is 0 Å². The maximum Gasteiger partial charge on any atom is 0.0320 e. The largest absolute Gasteiger partial charge is 0.330 e. The van der Waals surface area contributed by atoms with E-state index in [0.29, 0.717) is 12.0 Å². The molecule has 0 amide bonds. The Hall–Kier alpha value is -0.0900. The van der Waals surface area contributed by atoms with E-state index in [1.54, 1.807) is 0 Å². The Balaban J connectivity index is 0.00000144. The Labute approximate surface area is 118 Å². The lowest BCUT2D eigenvalue weighted by molar-refractivity contribution is 0.253. The van der Waals surface area contributed by atoms with Gasteiger partial charge < -0.3 is 5.73 Å². The van der Waals surface area contributed by atoms with E-state index in [-0.39, 0.29) is 12.4 Å². The van der Waals surface area contributed by atoms with Crippen molar-refractivity contribution in [1.29, 1.82) is 0 Å². The molecule has 4 heteroatoms. The van der Waals surface area contributed by atoms with Crippen molar-refractivity contribution in [2.75, 3.05) is 19.6 Å². The lowest BCUT2D eigenvalue weighted by Crippen LogP contribution is -2.26. The van der Waals surface area contributed by atoms with E-state index in [1.165, 1.54) is 18.5 Å². The SMILES string of the molecule is CC(c1cccc(Br)c1)N1CCC(CN)C1.Cl. The van der Waals surface area contributed by atoms with Crippen molar-refractivity contribution in [1.82, 2.24) is 4.90 Å². The Morgan fingerprint density at radius 3 is 2.88 bits per heavy atom. The van der Waals surface area contributed by atoms with E-state index >= 15 is 0 Å². The van der Waals surface area contributed by atoms with Crippen LogP contribution in [-0.4, -0.2) is 24.5 Å². The lowest BCUT2D eigenvalue weighted by Gasteiger charge is -2.24. The van der Waals surface area contributed by atoms with Crippen LogP contribution < -0.4 is 5.73 Å². The summed E-state index contributed by atoms with van der Waals surface area (Å²) in [5.74, 6) is 0.689. The molecule has 0 aliphatic carbocycles. The molecule has 1 aliphatic rings. The first-order valence-electron chi connectivity index (χ1n) is 5.90. The summed E-state index contributed by atoms with van der Waals surface area (Å²) < 4.78 is 1.16. The first kappa shape index (κ1) is 15.0. The molecule has 96 valence electrons. The monoisotopic (exact) mass is 318 g/mol. The number of nitrogens with zero attached hydrogens (tertiary/aromatic N) is 1. The van der Waals surface area contributed by atoms with Gasteiger partial charge in [-0.2, -0.15) is 0 Å². The third kappa shape index (κ3) is 3.68. The molecule has 0 radical (unpaired) electrons. The standard InChI is InChI=1S/C13H19BrN2.ClH/c1-10(12-3-2-4-13(14)7-12)16-6-5-11(8-15)9-16;/h2-4,7,10-11H,5-6,8-9,15H2,1H3;1H. The molecular formula is C13H20BrClN2. The van der Waals surface area contributed by atoms with Gasteiger partial charge in [-0.1, -0.05) is 28.1 Å². The van der Waals surface area contributed by atoms with E-state index in [9.17, 15) is 0 Å². The van der Waals surface area contributed by atoms with E-state index in [2.05, 4.69) is 52.0 Å². The number of benzene rings is 1. The zero-order valence-electron chi connectivity index (χ0n) is 10.1. The molecule has 1 aromatic rings. The highest BCUT2D eigenvalue weighted by Gasteiger charge is 2.25. The van der Waals surface area contributed by atoms with Crippen molar-refractivity contribution >= 4 is 28.3 Å². The minimum Gasteiger partial charge on any atom is -0.330 e. The van der Waals surface area contributed by atoms with Crippen LogP contribution in [0, 0.1) is 5.92 Å². The number of halogens is 2. The molecule has 0 bridgehead atoms. The molecule has 0 aromatic heterocycles. The number of likely N-dealkylation sites (tertiary alicyclic amines) is 1. The molecule has 0 spiro atoms. The van der Waals surface area contributed by atoms with Gasteiger partial charge in [0.1, 0.15) is 0 Å². The minimum atomic E-state index is 0. The second-order valence-electron chi connectivity index (χ2n) is 4.62. The van der Waals surface area contributed by atoms with E-state index in [1.807, 2.05) is 0 Å². The average Bonchev–Trinajstić information content (AvgIpc) is 2.76. The molecular weight excluding hydrogens is 300 g/mol. The highest BCUT2D eigenvalue weighted by molar-refractivity contribution is 9.10. The fraction of sp³-hybridized carbons (Fsp3) is 0.538. The van der Waals surface area contributed by atoms with Gasteiger partial charge >= 0.3 is 0 Å². The van der Waals surface area contributed by atoms with Gasteiger partial charge in [0.25, 0.3) is 0 Å². The Bertz CT molecular complexity index is 359. The number of rotatable bonds is 3. The first-order valence-corrected chi connectivity index (χ1v) is 6.69. The van der Waals surface area contributed by atoms with Crippen molar-refractivity contribution in [2.45, 2.75) is 19.4 Å². The quantitative estimate of drug-likeness (QED) is 0.927. The van der Waals surface area contributed by atoms with Crippen molar-refractivity contribution in [2.24, 2.45) is 11.7 Å². The molecule has 2 rings (SSSR count). The van der Waals surface area contributed by atoms with Crippen LogP contribution >= 0.6 is 28.3 Å². The van der Waals surface area contributed by atoms with Gasteiger partial charge in [-0.25, -0.2) is 0 Å². The van der Waals surface area contributed by atoms with Crippen molar-refractivity contribution in [3.05, 3.63) is 34.3 Å². The summed E-state index contributed by atoms with van der Waals surface area (Å²) in [4.78, 5) is 2.53. The van der Waals surface area contributed by atoms with Crippen molar-refractivity contribution in [3.8, 4) is 0 Å². The summed E-state index contributed by atoms with van der Waals surface area (Å²) in [6, 6.07) is 9.08. The van der Waals surface area contributed by atoms with Crippen LogP contribution in [-0.2, 0) is 0 Å². The van der Waals surface area contributed by atoms with Gasteiger partial charge in [-0.05, 0) is 50.0 Å². The third-order valence-corrected chi connectivity index (χ3v) is 4.02. The van der Waals surface area contributed by atoms with Crippen LogP contribution in [0.15, 0.2) is 28.7 Å². The molecule has 1 fully saturated rings. The zero-order valence-corrected chi connectivity index (χ0v) is 12.5. The molecule has 2 N–H and O–H groups in total. The molecule has 2 atom stereocenters. The number of hydrogen-bond donors (Lipinski definition) is 1. The highest BCUT2D eigenvalue weighted by atomic mass is 79.9. The first-order chi connectivity index (χ1) is 7.70. The van der Waals surface area contributed by atoms with E-state index < -0.39 is 0 Å². The molecule has 1 saturated heterocycles. The Kier molecular flexibility index (Phi) is 5.93. The zero-order chi connectivity index (χ0) is 11.5. The normalized spacial score (nSPS) is 22.2. The van der Waals surface area contributed by atoms with Gasteiger partial charge in [0.05, 0.1) is 0 Å². The maximum absolute atomic E-state index is 5.72. The van der Waals surface area contributed by atoms with Crippen molar-refractivity contribution < 1.29 is 0 Å². The molecule has 1 aliphatic heterocycles. The predicted molar refractivity (Wildman–Crippen MR) is 78.5 cm³/mol. The number of hydrogen-bond acceptors (Lipinski definition) is 2. The van der Waals surface area contributed by atoms with Crippen LogP contribution in [0.4, 0.5) is 0 Å². The smallest absolute Gasteiger partial charge is 0.0320 e. The summed E-state index contributed by atoms with van der Waals surface area (Å²) in [5.41, 5.74) is 7.11. The summed E-state index contributed by atoms with van der Waals surface area (Å²) in [6.45, 7) is 5.42. The fourth-order valence-electron chi connectivity index (χ4n) is 2.38. The Morgan fingerprint density at radius 2 is 2.29 bits per heavy atom. The van der Waals surface area contributed by atoms with Crippen LogP contribution in [0.2, 0.25) is 0 Å². The van der Waals surface area contributed by atoms with E-state index in [4.69, 9.17) is 5.73 Å². The lowest BCUT2D eigenvalue weighted by atomic mass is 10.1. The van der Waals surface area contributed by atoms with Gasteiger partial charge in [-0.15, -0.1) is 12.4 Å². The summed E-state index contributed by atoms with van der Waals surface area (Å²) in [5, 5.41) is 0. The molecule has 2 unspecified atom stereocenters. The summed E-state index contributed by atoms with van der Waals surface area (Å²) in [6.07, 6.45) is 1.24. The van der Waals surface area contributed by atoms with Gasteiger partial charge in [0.2, 0.25) is 0 Å². The molecule has 1 heterocycles.